The quantitative estimate of drug-likeness (QED) is 0.566. The fourth-order valence-electron chi connectivity index (χ4n) is 1.08. The zero-order valence-electron chi connectivity index (χ0n) is 6.04. The number of nitrogens with two attached hydrogens (primary N) is 1. The van der Waals surface area contributed by atoms with Crippen LogP contribution in [0.3, 0.4) is 0 Å². The summed E-state index contributed by atoms with van der Waals surface area (Å²) in [7, 11) is 0. The smallest absolute Gasteiger partial charge is 0.0869 e. The largest absolute Gasteiger partial charge is 0.391 e. The second-order valence-electron chi connectivity index (χ2n) is 2.46. The highest BCUT2D eigenvalue weighted by atomic mass is 127. The van der Waals surface area contributed by atoms with Gasteiger partial charge in [-0.2, -0.15) is 0 Å². The van der Waals surface area contributed by atoms with Crippen LogP contribution in [0.4, 0.5) is 5.00 Å². The molecule has 2 rings (SSSR count). The Morgan fingerprint density at radius 1 is 1.42 bits per heavy atom. The molecule has 62 valence electrons. The highest BCUT2D eigenvalue weighted by Crippen LogP contribution is 2.34. The minimum atomic E-state index is 0.849. The number of anilines is 1. The number of thiol groups is 1. The highest BCUT2D eigenvalue weighted by Gasteiger charge is 2.04. The van der Waals surface area contributed by atoms with Crippen molar-refractivity contribution in [1.29, 1.82) is 0 Å². The van der Waals surface area contributed by atoms with E-state index in [0.717, 1.165) is 9.90 Å². The highest BCUT2D eigenvalue weighted by molar-refractivity contribution is 14.1. The van der Waals surface area contributed by atoms with Crippen LogP contribution in [0.15, 0.2) is 23.1 Å². The molecule has 1 aromatic heterocycles. The zero-order valence-corrected chi connectivity index (χ0v) is 9.91. The third-order valence-electron chi connectivity index (χ3n) is 1.63. The van der Waals surface area contributed by atoms with E-state index in [2.05, 4.69) is 47.4 Å². The normalized spacial score (nSPS) is 10.8. The summed E-state index contributed by atoms with van der Waals surface area (Å²) >= 11 is 8.29. The average Bonchev–Trinajstić information content (AvgIpc) is 2.39. The summed E-state index contributed by atoms with van der Waals surface area (Å²) in [5, 5.41) is 2.03. The van der Waals surface area contributed by atoms with Crippen molar-refractivity contribution in [2.45, 2.75) is 4.90 Å². The maximum atomic E-state index is 5.69. The molecule has 0 radical (unpaired) electrons. The first-order chi connectivity index (χ1) is 5.68. The van der Waals surface area contributed by atoms with E-state index in [1.807, 2.05) is 6.07 Å². The van der Waals surface area contributed by atoms with Gasteiger partial charge in [0.05, 0.1) is 9.70 Å². The van der Waals surface area contributed by atoms with Crippen molar-refractivity contribution in [3.63, 3.8) is 0 Å². The number of fused-ring (bicyclic) bond motifs is 1. The number of nitrogen functional groups attached to an aromatic ring is 1. The van der Waals surface area contributed by atoms with Crippen LogP contribution in [0.25, 0.3) is 10.1 Å². The van der Waals surface area contributed by atoms with Crippen LogP contribution in [0, 0.1) is 3.57 Å². The predicted octanol–water partition coefficient (Wildman–Crippen LogP) is 3.38. The summed E-state index contributed by atoms with van der Waals surface area (Å²) in [6.07, 6.45) is 0. The minimum Gasteiger partial charge on any atom is -0.391 e. The van der Waals surface area contributed by atoms with Gasteiger partial charge in [-0.3, -0.25) is 0 Å². The van der Waals surface area contributed by atoms with E-state index in [1.54, 1.807) is 11.3 Å². The molecule has 2 N–H and O–H groups in total. The van der Waals surface area contributed by atoms with Gasteiger partial charge < -0.3 is 5.73 Å². The first-order valence-corrected chi connectivity index (χ1v) is 5.69. The van der Waals surface area contributed by atoms with Crippen LogP contribution >= 0.6 is 46.6 Å². The summed E-state index contributed by atoms with van der Waals surface area (Å²) in [5.74, 6) is 0. The first-order valence-electron chi connectivity index (χ1n) is 3.35. The van der Waals surface area contributed by atoms with Crippen molar-refractivity contribution >= 4 is 61.6 Å². The molecular formula is C8H6INS2. The summed E-state index contributed by atoms with van der Waals surface area (Å²) < 4.78 is 2.35. The molecule has 1 heterocycles. The molecule has 0 aliphatic heterocycles. The number of halogens is 1. The number of hydrogen-bond donors (Lipinski definition) is 2. The Balaban J connectivity index is 2.89. The molecule has 2 aromatic rings. The van der Waals surface area contributed by atoms with Crippen molar-refractivity contribution in [1.82, 2.24) is 0 Å². The van der Waals surface area contributed by atoms with E-state index in [0.29, 0.717) is 0 Å². The van der Waals surface area contributed by atoms with Gasteiger partial charge in [0.25, 0.3) is 0 Å². The monoisotopic (exact) mass is 307 g/mol. The molecule has 1 aromatic carbocycles. The molecule has 12 heavy (non-hydrogen) atoms. The molecule has 4 heteroatoms. The number of hydrogen-bond acceptors (Lipinski definition) is 3. The molecule has 0 aliphatic rings. The van der Waals surface area contributed by atoms with Gasteiger partial charge in [0.15, 0.2) is 0 Å². The molecule has 0 amide bonds. The second kappa shape index (κ2) is 3.08. The summed E-state index contributed by atoms with van der Waals surface area (Å²) in [6, 6.07) is 6.11. The minimum absolute atomic E-state index is 0.849. The molecule has 0 spiro atoms. The first kappa shape index (κ1) is 8.65. The van der Waals surface area contributed by atoms with Gasteiger partial charge >= 0.3 is 0 Å². The average molecular weight is 307 g/mol. The van der Waals surface area contributed by atoms with Crippen molar-refractivity contribution in [2.24, 2.45) is 0 Å². The van der Waals surface area contributed by atoms with Gasteiger partial charge in [-0.15, -0.1) is 24.0 Å². The van der Waals surface area contributed by atoms with E-state index >= 15 is 0 Å². The Kier molecular flexibility index (Phi) is 2.22. The molecule has 0 atom stereocenters. The van der Waals surface area contributed by atoms with Crippen LogP contribution in [0.2, 0.25) is 0 Å². The zero-order chi connectivity index (χ0) is 8.72. The molecule has 0 saturated carbocycles. The van der Waals surface area contributed by atoms with Crippen molar-refractivity contribution in [3.8, 4) is 0 Å². The second-order valence-corrected chi connectivity index (χ2v) is 5.16. The summed E-state index contributed by atoms with van der Waals surface area (Å²) in [4.78, 5) is 1.04. The molecule has 0 fully saturated rings. The lowest BCUT2D eigenvalue weighted by molar-refractivity contribution is 1.52. The van der Waals surface area contributed by atoms with Gasteiger partial charge in [0.1, 0.15) is 0 Å². The van der Waals surface area contributed by atoms with Gasteiger partial charge in [-0.05, 0) is 40.1 Å². The molecular weight excluding hydrogens is 301 g/mol. The lowest BCUT2D eigenvalue weighted by Crippen LogP contribution is -1.73. The number of benzene rings is 1. The van der Waals surface area contributed by atoms with Crippen LogP contribution in [0.5, 0.6) is 0 Å². The van der Waals surface area contributed by atoms with Crippen LogP contribution in [-0.4, -0.2) is 0 Å². The van der Waals surface area contributed by atoms with Gasteiger partial charge in [0, 0.05) is 8.47 Å². The van der Waals surface area contributed by atoms with E-state index in [4.69, 9.17) is 5.73 Å². The SMILES string of the molecule is Nc1cc2ccc(I)c(S)c2s1. The van der Waals surface area contributed by atoms with E-state index in [1.165, 1.54) is 13.7 Å². The Hall–Kier alpha value is 0.0600. The topological polar surface area (TPSA) is 26.0 Å². The maximum Gasteiger partial charge on any atom is 0.0869 e. The summed E-state index contributed by atoms with van der Waals surface area (Å²) in [6.45, 7) is 0. The van der Waals surface area contributed by atoms with E-state index in [-0.39, 0.29) is 0 Å². The molecule has 0 bridgehead atoms. The fourth-order valence-corrected chi connectivity index (χ4v) is 2.93. The standard InChI is InChI=1S/C8H6INS2/c9-5-2-1-4-3-6(10)12-8(4)7(5)11/h1-3,11H,10H2. The Morgan fingerprint density at radius 3 is 2.92 bits per heavy atom. The third-order valence-corrected chi connectivity index (χ3v) is 4.57. The van der Waals surface area contributed by atoms with Crippen molar-refractivity contribution in [2.75, 3.05) is 5.73 Å². The summed E-state index contributed by atoms with van der Waals surface area (Å²) in [5.41, 5.74) is 5.69. The van der Waals surface area contributed by atoms with Crippen molar-refractivity contribution in [3.05, 3.63) is 21.8 Å². The van der Waals surface area contributed by atoms with Gasteiger partial charge in [-0.1, -0.05) is 6.07 Å². The predicted molar refractivity (Wildman–Crippen MR) is 66.2 cm³/mol. The number of thiophene rings is 1. The molecule has 0 aliphatic carbocycles. The molecule has 0 saturated heterocycles. The van der Waals surface area contributed by atoms with Crippen LogP contribution < -0.4 is 5.73 Å². The van der Waals surface area contributed by atoms with Crippen molar-refractivity contribution < 1.29 is 0 Å². The lowest BCUT2D eigenvalue weighted by Gasteiger charge is -1.96. The van der Waals surface area contributed by atoms with E-state index in [9.17, 15) is 0 Å². The Morgan fingerprint density at radius 2 is 2.17 bits per heavy atom. The molecule has 1 nitrogen and oxygen atoms in total. The van der Waals surface area contributed by atoms with Gasteiger partial charge in [0.2, 0.25) is 0 Å². The fraction of sp³-hybridized carbons (Fsp3) is 0. The van der Waals surface area contributed by atoms with Gasteiger partial charge in [-0.25, -0.2) is 0 Å². The maximum absolute atomic E-state index is 5.69. The number of rotatable bonds is 0. The molecule has 0 unspecified atom stereocenters. The van der Waals surface area contributed by atoms with Crippen LogP contribution in [0.1, 0.15) is 0 Å². The Labute approximate surface area is 93.5 Å². The van der Waals surface area contributed by atoms with Crippen LogP contribution in [-0.2, 0) is 0 Å². The van der Waals surface area contributed by atoms with E-state index < -0.39 is 0 Å². The Bertz CT molecular complexity index is 436. The third kappa shape index (κ3) is 1.31. The lowest BCUT2D eigenvalue weighted by atomic mass is 10.3.